The topological polar surface area (TPSA) is 84.5 Å². The average Bonchev–Trinajstić information content (AvgIpc) is 2.77. The first kappa shape index (κ1) is 23.6. The molecule has 3 rings (SSSR count). The average molecular weight is 473 g/mol. The summed E-state index contributed by atoms with van der Waals surface area (Å²) in [7, 11) is -3.81. The monoisotopic (exact) mass is 472 g/mol. The Bertz CT molecular complexity index is 1210. The molecule has 2 N–H and O–H groups in total. The maximum Gasteiger partial charge on any atom is 0.265 e. The third kappa shape index (κ3) is 5.60. The molecule has 32 heavy (non-hydrogen) atoms. The third-order valence-electron chi connectivity index (χ3n) is 4.97. The smallest absolute Gasteiger partial charge is 0.265 e. The Morgan fingerprint density at radius 1 is 1.03 bits per heavy atom. The molecule has 168 valence electrons. The minimum absolute atomic E-state index is 0.0658. The summed E-state index contributed by atoms with van der Waals surface area (Å²) in [6.07, 6.45) is 0.0713. The van der Waals surface area contributed by atoms with Crippen LogP contribution in [0.5, 0.6) is 5.75 Å². The zero-order valence-electron chi connectivity index (χ0n) is 18.1. The molecule has 0 unspecified atom stereocenters. The van der Waals surface area contributed by atoms with Crippen LogP contribution in [0.1, 0.15) is 25.0 Å². The second kappa shape index (κ2) is 10.1. The number of amides is 1. The molecule has 0 fully saturated rings. The minimum Gasteiger partial charge on any atom is -0.481 e. The van der Waals surface area contributed by atoms with E-state index in [-0.39, 0.29) is 10.8 Å². The number of sulfonamides is 1. The maximum absolute atomic E-state index is 12.7. The van der Waals surface area contributed by atoms with Gasteiger partial charge in [-0.05, 0) is 73.9 Å². The number of para-hydroxylation sites is 1. The molecule has 0 heterocycles. The van der Waals surface area contributed by atoms with Crippen LogP contribution in [0.4, 0.5) is 11.4 Å². The van der Waals surface area contributed by atoms with Crippen LogP contribution in [0.15, 0.2) is 71.6 Å². The van der Waals surface area contributed by atoms with Gasteiger partial charge in [-0.2, -0.15) is 0 Å². The van der Waals surface area contributed by atoms with Crippen LogP contribution in [-0.4, -0.2) is 20.4 Å². The van der Waals surface area contributed by atoms with Crippen molar-refractivity contribution < 1.29 is 17.9 Å². The van der Waals surface area contributed by atoms with Gasteiger partial charge in [0.1, 0.15) is 5.75 Å². The molecule has 0 spiro atoms. The van der Waals surface area contributed by atoms with Gasteiger partial charge >= 0.3 is 0 Å². The number of halogens is 1. The maximum atomic E-state index is 12.7. The van der Waals surface area contributed by atoms with Gasteiger partial charge in [0.2, 0.25) is 0 Å². The van der Waals surface area contributed by atoms with Crippen molar-refractivity contribution in [2.75, 3.05) is 10.0 Å². The molecule has 3 aromatic carbocycles. The summed E-state index contributed by atoms with van der Waals surface area (Å²) in [5, 5.41) is 3.22. The Kier molecular flexibility index (Phi) is 7.43. The van der Waals surface area contributed by atoms with Crippen LogP contribution in [0.2, 0.25) is 5.02 Å². The van der Waals surface area contributed by atoms with Gasteiger partial charge in [0, 0.05) is 10.7 Å². The molecule has 3 aromatic rings. The van der Waals surface area contributed by atoms with Crippen molar-refractivity contribution in [3.05, 3.63) is 82.9 Å². The Morgan fingerprint density at radius 2 is 1.72 bits per heavy atom. The lowest BCUT2D eigenvalue weighted by atomic mass is 10.1. The molecule has 1 amide bonds. The van der Waals surface area contributed by atoms with Crippen LogP contribution in [-0.2, 0) is 21.2 Å². The fourth-order valence-electron chi connectivity index (χ4n) is 3.04. The van der Waals surface area contributed by atoms with E-state index in [0.717, 1.165) is 12.0 Å². The highest BCUT2D eigenvalue weighted by Gasteiger charge is 2.18. The quantitative estimate of drug-likeness (QED) is 0.458. The molecule has 8 heteroatoms. The molecule has 0 aliphatic rings. The lowest BCUT2D eigenvalue weighted by Crippen LogP contribution is -2.30. The van der Waals surface area contributed by atoms with E-state index in [1.807, 2.05) is 31.2 Å². The second-order valence-corrected chi connectivity index (χ2v) is 9.34. The second-order valence-electron chi connectivity index (χ2n) is 7.25. The predicted molar refractivity (Wildman–Crippen MR) is 128 cm³/mol. The summed E-state index contributed by atoms with van der Waals surface area (Å²) in [4.78, 5) is 12.6. The number of anilines is 2. The van der Waals surface area contributed by atoms with Crippen molar-refractivity contribution in [3.63, 3.8) is 0 Å². The number of nitrogens with one attached hydrogen (secondary N) is 2. The molecule has 0 bridgehead atoms. The van der Waals surface area contributed by atoms with Crippen molar-refractivity contribution >= 4 is 38.9 Å². The molecule has 0 radical (unpaired) electrons. The van der Waals surface area contributed by atoms with Gasteiger partial charge in [0.15, 0.2) is 6.10 Å². The van der Waals surface area contributed by atoms with E-state index < -0.39 is 16.1 Å². The summed E-state index contributed by atoms with van der Waals surface area (Å²) >= 11 is 6.07. The normalized spacial score (nSPS) is 12.1. The van der Waals surface area contributed by atoms with Gasteiger partial charge in [-0.1, -0.05) is 42.8 Å². The number of benzene rings is 3. The fraction of sp³-hybridized carbons (Fsp3) is 0.208. The van der Waals surface area contributed by atoms with Gasteiger partial charge in [-0.3, -0.25) is 9.52 Å². The first-order valence-corrected chi connectivity index (χ1v) is 12.0. The molecule has 0 aromatic heterocycles. The van der Waals surface area contributed by atoms with E-state index in [1.54, 1.807) is 32.0 Å². The molecule has 0 aliphatic heterocycles. The number of hydrogen-bond donors (Lipinski definition) is 2. The standard InChI is InChI=1S/C24H25ClN2O4S/c1-4-18-8-5-6-11-23(18)31-17(3)24(28)26-19-12-14-20(15-13-19)32(29,30)27-22-10-7-9-21(25)16(22)2/h5-15,17,27H,4H2,1-3H3,(H,26,28)/t17-/m0/s1. The van der Waals surface area contributed by atoms with Crippen molar-refractivity contribution in [1.82, 2.24) is 0 Å². The van der Waals surface area contributed by atoms with Crippen molar-refractivity contribution in [2.24, 2.45) is 0 Å². The number of carbonyl (C=O) groups is 1. The zero-order valence-corrected chi connectivity index (χ0v) is 19.6. The fourth-order valence-corrected chi connectivity index (χ4v) is 4.34. The minimum atomic E-state index is -3.81. The summed E-state index contributed by atoms with van der Waals surface area (Å²) in [5.41, 5.74) is 2.53. The number of aryl methyl sites for hydroxylation is 1. The largest absolute Gasteiger partial charge is 0.481 e. The van der Waals surface area contributed by atoms with E-state index in [4.69, 9.17) is 16.3 Å². The highest BCUT2D eigenvalue weighted by Crippen LogP contribution is 2.26. The first-order valence-electron chi connectivity index (χ1n) is 10.1. The van der Waals surface area contributed by atoms with Crippen LogP contribution in [0.25, 0.3) is 0 Å². The van der Waals surface area contributed by atoms with Gasteiger partial charge < -0.3 is 10.1 Å². The zero-order chi connectivity index (χ0) is 23.3. The lowest BCUT2D eigenvalue weighted by Gasteiger charge is -2.17. The van der Waals surface area contributed by atoms with Crippen LogP contribution in [0, 0.1) is 6.92 Å². The Morgan fingerprint density at radius 3 is 2.41 bits per heavy atom. The number of hydrogen-bond acceptors (Lipinski definition) is 4. The summed E-state index contributed by atoms with van der Waals surface area (Å²) in [5.74, 6) is 0.334. The molecular formula is C24H25ClN2O4S. The first-order chi connectivity index (χ1) is 15.2. The molecule has 0 saturated carbocycles. The number of rotatable bonds is 8. The summed E-state index contributed by atoms with van der Waals surface area (Å²) in [6.45, 7) is 5.42. The highest BCUT2D eigenvalue weighted by atomic mass is 35.5. The van der Waals surface area contributed by atoms with E-state index in [2.05, 4.69) is 10.0 Å². The van der Waals surface area contributed by atoms with Gasteiger partial charge in [-0.15, -0.1) is 0 Å². The Hall–Kier alpha value is -3.03. The third-order valence-corrected chi connectivity index (χ3v) is 6.76. The number of carbonyl (C=O) groups excluding carboxylic acids is 1. The van der Waals surface area contributed by atoms with Crippen LogP contribution >= 0.6 is 11.6 Å². The van der Waals surface area contributed by atoms with Gasteiger partial charge in [-0.25, -0.2) is 8.42 Å². The van der Waals surface area contributed by atoms with E-state index in [1.165, 1.54) is 24.3 Å². The van der Waals surface area contributed by atoms with E-state index in [9.17, 15) is 13.2 Å². The van der Waals surface area contributed by atoms with Crippen molar-refractivity contribution in [2.45, 2.75) is 38.2 Å². The summed E-state index contributed by atoms with van der Waals surface area (Å²) in [6, 6.07) is 18.5. The lowest BCUT2D eigenvalue weighted by molar-refractivity contribution is -0.122. The summed E-state index contributed by atoms with van der Waals surface area (Å²) < 4.78 is 33.8. The molecule has 6 nitrogen and oxygen atoms in total. The van der Waals surface area contributed by atoms with Crippen molar-refractivity contribution in [3.8, 4) is 5.75 Å². The molecule has 0 saturated heterocycles. The SMILES string of the molecule is CCc1ccccc1O[C@@H](C)C(=O)Nc1ccc(S(=O)(=O)Nc2cccc(Cl)c2C)cc1. The molecule has 1 atom stereocenters. The number of ether oxygens (including phenoxy) is 1. The van der Waals surface area contributed by atoms with Crippen molar-refractivity contribution in [1.29, 1.82) is 0 Å². The van der Waals surface area contributed by atoms with Crippen LogP contribution < -0.4 is 14.8 Å². The van der Waals surface area contributed by atoms with Gasteiger partial charge in [0.05, 0.1) is 10.6 Å². The van der Waals surface area contributed by atoms with Gasteiger partial charge in [0.25, 0.3) is 15.9 Å². The molecule has 0 aliphatic carbocycles. The Balaban J connectivity index is 1.67. The molecular weight excluding hydrogens is 448 g/mol. The van der Waals surface area contributed by atoms with E-state index in [0.29, 0.717) is 27.7 Å². The Labute approximate surface area is 193 Å². The van der Waals surface area contributed by atoms with E-state index >= 15 is 0 Å². The predicted octanol–water partition coefficient (Wildman–Crippen LogP) is 5.42. The van der Waals surface area contributed by atoms with Crippen LogP contribution in [0.3, 0.4) is 0 Å². The highest BCUT2D eigenvalue weighted by molar-refractivity contribution is 7.92.